The maximum absolute atomic E-state index is 5.41. The predicted octanol–water partition coefficient (Wildman–Crippen LogP) is 6.56. The fourth-order valence-corrected chi connectivity index (χ4v) is 7.30. The number of H-pyrrole nitrogens is 2. The number of hydrogen-bond acceptors (Lipinski definition) is 2. The average molecular weight is 797 g/mol. The van der Waals surface area contributed by atoms with Gasteiger partial charge < -0.3 is 34.8 Å². The van der Waals surface area contributed by atoms with E-state index < -0.39 is 0 Å². The minimum atomic E-state index is 0. The summed E-state index contributed by atoms with van der Waals surface area (Å²) in [5.41, 5.74) is 21.1. The molecule has 0 saturated carbocycles. The second-order valence-corrected chi connectivity index (χ2v) is 14.0. The summed E-state index contributed by atoms with van der Waals surface area (Å²) in [6.45, 7) is 8.49. The largest absolute Gasteiger partial charge is 2.00 e. The molecule has 2 aliphatic rings. The third-order valence-electron chi connectivity index (χ3n) is 10.1. The summed E-state index contributed by atoms with van der Waals surface area (Å²) in [5.74, 6) is 0. The monoisotopic (exact) mass is 795 g/mol. The van der Waals surface area contributed by atoms with E-state index in [4.69, 9.17) is 9.97 Å². The van der Waals surface area contributed by atoms with Gasteiger partial charge in [0.25, 0.3) is 0 Å². The first-order valence-corrected chi connectivity index (χ1v) is 17.8. The van der Waals surface area contributed by atoms with Crippen molar-refractivity contribution in [2.45, 2.75) is 27.7 Å². The van der Waals surface area contributed by atoms with Gasteiger partial charge >= 0.3 is 17.1 Å². The molecule has 0 spiro atoms. The zero-order valence-corrected chi connectivity index (χ0v) is 33.6. The zero-order chi connectivity index (χ0) is 35.3. The van der Waals surface area contributed by atoms with E-state index in [0.29, 0.717) is 0 Å². The Labute approximate surface area is 344 Å². The third-order valence-corrected chi connectivity index (χ3v) is 10.1. The summed E-state index contributed by atoms with van der Waals surface area (Å²) < 4.78 is 0. The van der Waals surface area contributed by atoms with E-state index in [-0.39, 0.29) is 41.9 Å². The quantitative estimate of drug-likeness (QED) is 0.199. The van der Waals surface area contributed by atoms with Crippen LogP contribution in [0.25, 0.3) is 90.9 Å². The minimum absolute atomic E-state index is 0. The van der Waals surface area contributed by atoms with Crippen LogP contribution >= 0.6 is 0 Å². The number of fused-ring (bicyclic) bond motifs is 8. The number of nitrogens with one attached hydrogen (secondary N) is 2. The molecular weight excluding hydrogens is 758 g/mol. The van der Waals surface area contributed by atoms with E-state index in [0.717, 1.165) is 89.4 Å². The van der Waals surface area contributed by atoms with Gasteiger partial charge in [-0.15, -0.1) is 0 Å². The number of hydrogen-bond donors (Lipinski definition) is 2. The van der Waals surface area contributed by atoms with Gasteiger partial charge in [-0.3, -0.25) is 0 Å². The Hall–Kier alpha value is -5.42. The SMILES string of the molecule is Cc1ccc(-c2c3nc(c(-c4ccc(C)cc4)c4ccc([nH]4)c(-c4ccc(C)cc4)c4nc(c(-c5ccc(C)cc5)c5ccc2[nH]5)C=C4)C=C3)cc1.[Cl-].[Cl-].[Mn+2]. The van der Waals surface area contributed by atoms with Crippen molar-refractivity contribution in [3.05, 3.63) is 166 Å². The summed E-state index contributed by atoms with van der Waals surface area (Å²) in [6.07, 6.45) is 8.61. The number of aromatic nitrogens is 4. The van der Waals surface area contributed by atoms with Crippen LogP contribution in [0.3, 0.4) is 0 Å². The van der Waals surface area contributed by atoms with Crippen LogP contribution in [-0.4, -0.2) is 19.9 Å². The van der Waals surface area contributed by atoms with Crippen molar-refractivity contribution >= 4 is 46.4 Å². The third kappa shape index (κ3) is 7.50. The molecule has 271 valence electrons. The Kier molecular flexibility index (Phi) is 11.5. The van der Waals surface area contributed by atoms with Crippen LogP contribution in [0, 0.1) is 27.7 Å². The standard InChI is InChI=1S/C48H38N4.2ClH.Mn/c1-29-5-13-33(14-6-29)45-37-21-23-39(49-37)46(34-15-7-30(2)8-16-34)41-25-27-43(51-41)48(36-19-11-32(4)12-20-36)44-28-26-42(52-44)47(40-24-22-38(45)50-40)35-17-9-31(3)10-18-35;;;/h5-28,49,52H,1-4H3;2*1H;/q;;;+2/p-2. The van der Waals surface area contributed by atoms with Crippen LogP contribution in [0.2, 0.25) is 0 Å². The van der Waals surface area contributed by atoms with Crippen molar-refractivity contribution in [3.63, 3.8) is 0 Å². The Morgan fingerprint density at radius 2 is 0.509 bits per heavy atom. The number of halogens is 2. The van der Waals surface area contributed by atoms with Crippen molar-refractivity contribution < 1.29 is 41.9 Å². The van der Waals surface area contributed by atoms with E-state index in [1.54, 1.807) is 0 Å². The summed E-state index contributed by atoms with van der Waals surface area (Å²) in [6, 6.07) is 43.6. The van der Waals surface area contributed by atoms with Crippen LogP contribution < -0.4 is 24.8 Å². The van der Waals surface area contributed by atoms with Crippen molar-refractivity contribution in [1.82, 2.24) is 19.9 Å². The Balaban J connectivity index is 0.00000171. The Morgan fingerprint density at radius 3 is 0.709 bits per heavy atom. The molecule has 0 atom stereocenters. The van der Waals surface area contributed by atoms with E-state index in [9.17, 15) is 0 Å². The molecule has 1 radical (unpaired) electrons. The van der Waals surface area contributed by atoms with Gasteiger partial charge in [0.2, 0.25) is 0 Å². The first-order chi connectivity index (χ1) is 25.4. The molecule has 4 aromatic carbocycles. The summed E-state index contributed by atoms with van der Waals surface area (Å²) >= 11 is 0. The zero-order valence-electron chi connectivity index (χ0n) is 30.9. The molecule has 3 aromatic heterocycles. The maximum Gasteiger partial charge on any atom is 2.00 e. The average Bonchev–Trinajstić information content (AvgIpc) is 3.99. The van der Waals surface area contributed by atoms with Gasteiger partial charge in [0.1, 0.15) is 0 Å². The molecule has 0 aliphatic carbocycles. The van der Waals surface area contributed by atoms with Gasteiger partial charge in [-0.1, -0.05) is 119 Å². The molecule has 0 amide bonds. The van der Waals surface area contributed by atoms with Crippen molar-refractivity contribution in [2.24, 2.45) is 0 Å². The predicted molar refractivity (Wildman–Crippen MR) is 220 cm³/mol. The molecule has 8 bridgehead atoms. The molecule has 2 aliphatic heterocycles. The molecule has 5 heterocycles. The van der Waals surface area contributed by atoms with E-state index in [1.807, 2.05) is 0 Å². The Morgan fingerprint density at radius 1 is 0.309 bits per heavy atom. The van der Waals surface area contributed by atoms with Gasteiger partial charge in [0.05, 0.1) is 22.8 Å². The number of benzene rings is 4. The van der Waals surface area contributed by atoms with Crippen LogP contribution in [0.1, 0.15) is 45.0 Å². The molecule has 0 saturated heterocycles. The van der Waals surface area contributed by atoms with Crippen LogP contribution in [-0.2, 0) is 17.1 Å². The van der Waals surface area contributed by atoms with E-state index in [2.05, 4.69) is 183 Å². The van der Waals surface area contributed by atoms with Gasteiger partial charge in [-0.2, -0.15) is 0 Å². The summed E-state index contributed by atoms with van der Waals surface area (Å²) in [4.78, 5) is 18.5. The van der Waals surface area contributed by atoms with Crippen molar-refractivity contribution in [1.29, 1.82) is 0 Å². The van der Waals surface area contributed by atoms with Gasteiger partial charge in [-0.05, 0) is 98.5 Å². The molecular formula is C48H38Cl2MnN4. The summed E-state index contributed by atoms with van der Waals surface area (Å²) in [7, 11) is 0. The first-order valence-electron chi connectivity index (χ1n) is 17.8. The van der Waals surface area contributed by atoms with Crippen LogP contribution in [0.5, 0.6) is 0 Å². The van der Waals surface area contributed by atoms with Crippen molar-refractivity contribution in [2.75, 3.05) is 0 Å². The molecule has 7 heteroatoms. The fraction of sp³-hybridized carbons (Fsp3) is 0.0833. The molecule has 7 aromatic rings. The van der Waals surface area contributed by atoms with Gasteiger partial charge in [-0.25, -0.2) is 9.97 Å². The smallest absolute Gasteiger partial charge is 1.00 e. The second kappa shape index (κ2) is 16.1. The topological polar surface area (TPSA) is 57.4 Å². The van der Waals surface area contributed by atoms with Crippen molar-refractivity contribution in [3.8, 4) is 44.5 Å². The molecule has 2 N–H and O–H groups in total. The van der Waals surface area contributed by atoms with Gasteiger partial charge in [0.15, 0.2) is 0 Å². The first kappa shape index (κ1) is 39.3. The maximum atomic E-state index is 5.41. The fourth-order valence-electron chi connectivity index (χ4n) is 7.30. The van der Waals surface area contributed by atoms with E-state index in [1.165, 1.54) is 22.3 Å². The minimum Gasteiger partial charge on any atom is -1.00 e. The number of aromatic amines is 2. The molecule has 4 nitrogen and oxygen atoms in total. The number of rotatable bonds is 4. The van der Waals surface area contributed by atoms with Crippen LogP contribution in [0.15, 0.2) is 121 Å². The Bertz CT molecular complexity index is 2370. The molecule has 0 unspecified atom stereocenters. The summed E-state index contributed by atoms with van der Waals surface area (Å²) in [5, 5.41) is 0. The second-order valence-electron chi connectivity index (χ2n) is 14.0. The molecule has 9 rings (SSSR count). The number of aryl methyl sites for hydroxylation is 4. The normalized spacial score (nSPS) is 11.4. The molecule has 55 heavy (non-hydrogen) atoms. The van der Waals surface area contributed by atoms with Gasteiger partial charge in [0, 0.05) is 44.3 Å². The number of nitrogens with zero attached hydrogens (tertiary/aromatic N) is 2. The molecule has 0 fully saturated rings. The van der Waals surface area contributed by atoms with Crippen LogP contribution in [0.4, 0.5) is 0 Å². The van der Waals surface area contributed by atoms with E-state index >= 15 is 0 Å².